The van der Waals surface area contributed by atoms with Gasteiger partial charge in [0.05, 0.1) is 31.8 Å². The molecule has 4 aromatic rings. The molecule has 180 valence electrons. The van der Waals surface area contributed by atoms with Crippen LogP contribution < -0.4 is 9.47 Å². The molecule has 2 fully saturated rings. The summed E-state index contributed by atoms with van der Waals surface area (Å²) in [5.74, 6) is 2.26. The van der Waals surface area contributed by atoms with E-state index >= 15 is 0 Å². The maximum Gasteiger partial charge on any atom is 0.119 e. The van der Waals surface area contributed by atoms with Gasteiger partial charge in [-0.3, -0.25) is 0 Å². The van der Waals surface area contributed by atoms with Gasteiger partial charge in [-0.25, -0.2) is 0 Å². The molecule has 0 bridgehead atoms. The highest BCUT2D eigenvalue weighted by Gasteiger charge is 2.45. The summed E-state index contributed by atoms with van der Waals surface area (Å²) >= 11 is 0. The second-order valence-electron chi connectivity index (χ2n) is 9.87. The molecule has 2 heterocycles. The molecule has 0 N–H and O–H groups in total. The van der Waals surface area contributed by atoms with Crippen molar-refractivity contribution in [2.24, 2.45) is 5.92 Å². The number of ether oxygens (including phenoxy) is 4. The third-order valence-corrected chi connectivity index (χ3v) is 7.56. The summed E-state index contributed by atoms with van der Waals surface area (Å²) in [6, 6.07) is 34.8. The van der Waals surface area contributed by atoms with E-state index in [1.165, 1.54) is 33.4 Å². The fraction of sp³-hybridized carbons (Fsp3) is 0.250. The standard InChI is InChI=1S/C32H28O4/c1-3-7-30-28(5-1)29-6-2-4-8-31(29)32(30,24-11-15-26(16-12-24)35-20-27-21-36-27)23-9-13-25(14-10-23)34-19-22-17-33-18-22/h1-16,22,27H,17-21H2. The molecule has 36 heavy (non-hydrogen) atoms. The Morgan fingerprint density at radius 3 is 1.58 bits per heavy atom. The van der Waals surface area contributed by atoms with Crippen molar-refractivity contribution in [3.05, 3.63) is 119 Å². The molecule has 1 atom stereocenters. The van der Waals surface area contributed by atoms with E-state index in [0.29, 0.717) is 19.1 Å². The predicted octanol–water partition coefficient (Wildman–Crippen LogP) is 5.85. The van der Waals surface area contributed by atoms with Crippen molar-refractivity contribution in [1.82, 2.24) is 0 Å². The molecule has 0 saturated carbocycles. The zero-order valence-corrected chi connectivity index (χ0v) is 20.1. The average molecular weight is 477 g/mol. The lowest BCUT2D eigenvalue weighted by Gasteiger charge is -2.34. The third-order valence-electron chi connectivity index (χ3n) is 7.56. The largest absolute Gasteiger partial charge is 0.493 e. The van der Waals surface area contributed by atoms with Crippen molar-refractivity contribution < 1.29 is 18.9 Å². The predicted molar refractivity (Wildman–Crippen MR) is 139 cm³/mol. The van der Waals surface area contributed by atoms with Crippen molar-refractivity contribution in [3.8, 4) is 22.6 Å². The van der Waals surface area contributed by atoms with Gasteiger partial charge in [0.15, 0.2) is 0 Å². The Hall–Kier alpha value is -3.60. The monoisotopic (exact) mass is 476 g/mol. The zero-order chi connectivity index (χ0) is 24.0. The molecule has 2 saturated heterocycles. The van der Waals surface area contributed by atoms with Gasteiger partial charge in [-0.15, -0.1) is 0 Å². The smallest absolute Gasteiger partial charge is 0.119 e. The van der Waals surface area contributed by atoms with Gasteiger partial charge in [0.1, 0.15) is 24.2 Å². The van der Waals surface area contributed by atoms with Crippen LogP contribution in [0.15, 0.2) is 97.1 Å². The van der Waals surface area contributed by atoms with E-state index in [2.05, 4.69) is 97.1 Å². The molecule has 0 aromatic heterocycles. The Morgan fingerprint density at radius 1 is 0.611 bits per heavy atom. The number of epoxide rings is 1. The highest BCUT2D eigenvalue weighted by atomic mass is 16.6. The van der Waals surface area contributed by atoms with Crippen LogP contribution in [0.1, 0.15) is 22.3 Å². The maximum absolute atomic E-state index is 6.07. The number of benzene rings is 4. The Bertz CT molecular complexity index is 1320. The minimum atomic E-state index is -0.425. The van der Waals surface area contributed by atoms with Crippen LogP contribution in [0.3, 0.4) is 0 Å². The first-order valence-electron chi connectivity index (χ1n) is 12.7. The van der Waals surface area contributed by atoms with Crippen LogP contribution in [0, 0.1) is 5.92 Å². The van der Waals surface area contributed by atoms with Gasteiger partial charge in [-0.05, 0) is 57.6 Å². The van der Waals surface area contributed by atoms with Crippen molar-refractivity contribution in [2.75, 3.05) is 33.0 Å². The molecule has 0 spiro atoms. The SMILES string of the molecule is c1ccc2c(c1)-c1ccccc1C2(c1ccc(OCC2COC2)cc1)c1ccc(OCC2CO2)cc1. The minimum Gasteiger partial charge on any atom is -0.493 e. The van der Waals surface area contributed by atoms with Gasteiger partial charge in [0.2, 0.25) is 0 Å². The Balaban J connectivity index is 1.33. The summed E-state index contributed by atoms with van der Waals surface area (Å²) in [5.41, 5.74) is 7.17. The van der Waals surface area contributed by atoms with Crippen LogP contribution in [0.25, 0.3) is 11.1 Å². The molecule has 4 nitrogen and oxygen atoms in total. The van der Waals surface area contributed by atoms with E-state index in [1.54, 1.807) is 0 Å². The fourth-order valence-corrected chi connectivity index (χ4v) is 5.57. The van der Waals surface area contributed by atoms with Crippen LogP contribution in [-0.2, 0) is 14.9 Å². The molecule has 0 amide bonds. The minimum absolute atomic E-state index is 0.238. The first kappa shape index (κ1) is 21.7. The van der Waals surface area contributed by atoms with Crippen LogP contribution in [0.5, 0.6) is 11.5 Å². The first-order valence-corrected chi connectivity index (χ1v) is 12.7. The van der Waals surface area contributed by atoms with Crippen LogP contribution in [-0.4, -0.2) is 39.1 Å². The summed E-state index contributed by atoms with van der Waals surface area (Å²) in [5, 5.41) is 0. The Kier molecular flexibility index (Phi) is 5.30. The Morgan fingerprint density at radius 2 is 1.11 bits per heavy atom. The summed E-state index contributed by atoms with van der Waals surface area (Å²) in [4.78, 5) is 0. The molecule has 2 aliphatic heterocycles. The molecular formula is C32H28O4. The molecule has 7 rings (SSSR count). The summed E-state index contributed by atoms with van der Waals surface area (Å²) in [6.45, 7) is 3.68. The number of hydrogen-bond acceptors (Lipinski definition) is 4. The van der Waals surface area contributed by atoms with Crippen molar-refractivity contribution in [1.29, 1.82) is 0 Å². The van der Waals surface area contributed by atoms with Gasteiger partial charge in [0.25, 0.3) is 0 Å². The second kappa shape index (κ2) is 8.81. The highest BCUT2D eigenvalue weighted by Crippen LogP contribution is 2.56. The van der Waals surface area contributed by atoms with Gasteiger partial charge < -0.3 is 18.9 Å². The second-order valence-corrected chi connectivity index (χ2v) is 9.87. The van der Waals surface area contributed by atoms with E-state index in [-0.39, 0.29) is 6.10 Å². The first-order chi connectivity index (χ1) is 17.8. The van der Waals surface area contributed by atoms with E-state index in [0.717, 1.165) is 31.3 Å². The van der Waals surface area contributed by atoms with Crippen molar-refractivity contribution in [3.63, 3.8) is 0 Å². The number of hydrogen-bond donors (Lipinski definition) is 0. The number of fused-ring (bicyclic) bond motifs is 3. The summed E-state index contributed by atoms with van der Waals surface area (Å²) in [7, 11) is 0. The summed E-state index contributed by atoms with van der Waals surface area (Å²) in [6.07, 6.45) is 0.238. The quantitative estimate of drug-likeness (QED) is 0.263. The molecule has 4 heteroatoms. The zero-order valence-electron chi connectivity index (χ0n) is 20.1. The maximum atomic E-state index is 6.07. The third kappa shape index (κ3) is 3.60. The lowest BCUT2D eigenvalue weighted by atomic mass is 9.68. The van der Waals surface area contributed by atoms with E-state index in [9.17, 15) is 0 Å². The lowest BCUT2D eigenvalue weighted by Crippen LogP contribution is -2.32. The molecule has 0 radical (unpaired) electrons. The van der Waals surface area contributed by atoms with Crippen LogP contribution in [0.4, 0.5) is 0 Å². The topological polar surface area (TPSA) is 40.2 Å². The fourth-order valence-electron chi connectivity index (χ4n) is 5.57. The van der Waals surface area contributed by atoms with Crippen molar-refractivity contribution >= 4 is 0 Å². The summed E-state index contributed by atoms with van der Waals surface area (Å²) < 4.78 is 22.6. The van der Waals surface area contributed by atoms with Crippen molar-refractivity contribution in [2.45, 2.75) is 11.5 Å². The Labute approximate surface area is 211 Å². The van der Waals surface area contributed by atoms with Crippen LogP contribution in [0.2, 0.25) is 0 Å². The highest BCUT2D eigenvalue weighted by molar-refractivity contribution is 5.86. The molecular weight excluding hydrogens is 448 g/mol. The molecule has 1 aliphatic carbocycles. The lowest BCUT2D eigenvalue weighted by molar-refractivity contribution is -0.0508. The molecule has 4 aromatic carbocycles. The van der Waals surface area contributed by atoms with Crippen LogP contribution >= 0.6 is 0 Å². The normalized spacial score (nSPS) is 19.2. The number of rotatable bonds is 8. The molecule has 1 unspecified atom stereocenters. The van der Waals surface area contributed by atoms with E-state index < -0.39 is 5.41 Å². The van der Waals surface area contributed by atoms with Gasteiger partial charge >= 0.3 is 0 Å². The van der Waals surface area contributed by atoms with E-state index in [1.807, 2.05) is 0 Å². The van der Waals surface area contributed by atoms with Gasteiger partial charge in [-0.1, -0.05) is 72.8 Å². The van der Waals surface area contributed by atoms with Gasteiger partial charge in [0, 0.05) is 5.92 Å². The van der Waals surface area contributed by atoms with E-state index in [4.69, 9.17) is 18.9 Å². The average Bonchev–Trinajstić information content (AvgIpc) is 3.69. The van der Waals surface area contributed by atoms with Gasteiger partial charge in [-0.2, -0.15) is 0 Å². The molecule has 3 aliphatic rings.